The van der Waals surface area contributed by atoms with Crippen LogP contribution in [-0.4, -0.2) is 39.2 Å². The van der Waals surface area contributed by atoms with E-state index < -0.39 is 5.91 Å². The van der Waals surface area contributed by atoms with Gasteiger partial charge < -0.3 is 19.5 Å². The minimum Gasteiger partial charge on any atom is -0.497 e. The number of nitrogens with one attached hydrogen (secondary N) is 1. The highest BCUT2D eigenvalue weighted by atomic mass is 16.5. The van der Waals surface area contributed by atoms with Crippen LogP contribution in [0.5, 0.6) is 11.5 Å². The van der Waals surface area contributed by atoms with Crippen molar-refractivity contribution in [3.8, 4) is 11.5 Å². The molecule has 0 bridgehead atoms. The summed E-state index contributed by atoms with van der Waals surface area (Å²) in [5.41, 5.74) is 1.92. The maximum absolute atomic E-state index is 12.9. The summed E-state index contributed by atoms with van der Waals surface area (Å²) in [7, 11) is 3.05. The van der Waals surface area contributed by atoms with Crippen LogP contribution >= 0.6 is 0 Å². The number of hydrogen-bond acceptors (Lipinski definition) is 5. The van der Waals surface area contributed by atoms with E-state index in [2.05, 4.69) is 5.32 Å². The molecule has 31 heavy (non-hydrogen) atoms. The lowest BCUT2D eigenvalue weighted by atomic mass is 10.2. The average Bonchev–Trinajstić information content (AvgIpc) is 2.81. The van der Waals surface area contributed by atoms with Crippen LogP contribution < -0.4 is 19.7 Å². The van der Waals surface area contributed by atoms with E-state index in [9.17, 15) is 9.59 Å². The molecule has 0 spiro atoms. The Morgan fingerprint density at radius 2 is 1.42 bits per heavy atom. The van der Waals surface area contributed by atoms with Gasteiger partial charge in [0.25, 0.3) is 5.91 Å². The largest absolute Gasteiger partial charge is 0.497 e. The summed E-state index contributed by atoms with van der Waals surface area (Å²) >= 11 is 0. The van der Waals surface area contributed by atoms with Crippen LogP contribution in [0.15, 0.2) is 78.9 Å². The summed E-state index contributed by atoms with van der Waals surface area (Å²) in [5, 5.41) is 2.71. The molecule has 1 N–H and O–H groups in total. The van der Waals surface area contributed by atoms with Gasteiger partial charge in [0.15, 0.2) is 0 Å². The minimum absolute atomic E-state index is 0.253. The molecule has 160 valence electrons. The van der Waals surface area contributed by atoms with Gasteiger partial charge in [-0.05, 0) is 36.4 Å². The van der Waals surface area contributed by atoms with Crippen molar-refractivity contribution in [1.82, 2.24) is 0 Å². The van der Waals surface area contributed by atoms with Crippen LogP contribution in [0.3, 0.4) is 0 Å². The number of carbonyl (C=O) groups is 2. The first kappa shape index (κ1) is 21.9. The summed E-state index contributed by atoms with van der Waals surface area (Å²) in [5.74, 6) is 0.385. The number of rotatable bonds is 9. The predicted molar refractivity (Wildman–Crippen MR) is 119 cm³/mol. The van der Waals surface area contributed by atoms with Crippen LogP contribution in [0.1, 0.15) is 0 Å². The van der Waals surface area contributed by atoms with Gasteiger partial charge in [-0.3, -0.25) is 14.5 Å². The van der Waals surface area contributed by atoms with Crippen molar-refractivity contribution in [3.63, 3.8) is 0 Å². The Balaban J connectivity index is 1.61. The Hall–Kier alpha value is -3.84. The standard InChI is InChI=1S/C24H24N2O5/c1-29-20-13-14-21(22(15-20)30-2)25-23(27)16-31-17-24(28)26(18-9-5-3-6-10-18)19-11-7-4-8-12-19/h3-15H,16-17H2,1-2H3,(H,25,27). The number of hydrogen-bond donors (Lipinski definition) is 1. The van der Waals surface area contributed by atoms with Gasteiger partial charge in [0, 0.05) is 17.4 Å². The molecule has 0 aromatic heterocycles. The SMILES string of the molecule is COc1ccc(NC(=O)COCC(=O)N(c2ccccc2)c2ccccc2)c(OC)c1. The average molecular weight is 420 g/mol. The van der Waals surface area contributed by atoms with E-state index in [0.29, 0.717) is 17.2 Å². The molecule has 0 aliphatic carbocycles. The van der Waals surface area contributed by atoms with Gasteiger partial charge in [0.05, 0.1) is 19.9 Å². The Labute approximate surface area is 181 Å². The van der Waals surface area contributed by atoms with Crippen LogP contribution in [0.2, 0.25) is 0 Å². The molecule has 0 unspecified atom stereocenters. The van der Waals surface area contributed by atoms with Gasteiger partial charge in [-0.15, -0.1) is 0 Å². The molecule has 0 atom stereocenters. The van der Waals surface area contributed by atoms with E-state index >= 15 is 0 Å². The van der Waals surface area contributed by atoms with E-state index in [1.807, 2.05) is 60.7 Å². The molecule has 0 radical (unpaired) electrons. The summed E-state index contributed by atoms with van der Waals surface area (Å²) in [6.45, 7) is -0.532. The number of ether oxygens (including phenoxy) is 3. The molecule has 0 heterocycles. The highest BCUT2D eigenvalue weighted by molar-refractivity contribution is 6.01. The van der Waals surface area contributed by atoms with Crippen LogP contribution in [-0.2, 0) is 14.3 Å². The molecule has 3 aromatic carbocycles. The van der Waals surface area contributed by atoms with Crippen molar-refractivity contribution in [3.05, 3.63) is 78.9 Å². The number of amides is 2. The van der Waals surface area contributed by atoms with Crippen LogP contribution in [0.4, 0.5) is 17.1 Å². The number of nitrogens with zero attached hydrogens (tertiary/aromatic N) is 1. The highest BCUT2D eigenvalue weighted by Gasteiger charge is 2.18. The summed E-state index contributed by atoms with van der Waals surface area (Å²) < 4.78 is 15.8. The summed E-state index contributed by atoms with van der Waals surface area (Å²) in [4.78, 5) is 26.7. The van der Waals surface area contributed by atoms with Crippen molar-refractivity contribution < 1.29 is 23.8 Å². The van der Waals surface area contributed by atoms with Gasteiger partial charge in [0.1, 0.15) is 24.7 Å². The van der Waals surface area contributed by atoms with Crippen LogP contribution in [0, 0.1) is 0 Å². The van der Waals surface area contributed by atoms with Gasteiger partial charge >= 0.3 is 0 Å². The zero-order valence-corrected chi connectivity index (χ0v) is 17.4. The van der Waals surface area contributed by atoms with Crippen molar-refractivity contribution in [2.24, 2.45) is 0 Å². The summed E-state index contributed by atoms with van der Waals surface area (Å²) in [6, 6.07) is 23.6. The molecule has 0 aliphatic heterocycles. The topological polar surface area (TPSA) is 77.1 Å². The zero-order chi connectivity index (χ0) is 22.1. The molecule has 0 fully saturated rings. The Bertz CT molecular complexity index is 969. The van der Waals surface area contributed by atoms with Gasteiger partial charge in [-0.2, -0.15) is 0 Å². The molecule has 7 heteroatoms. The monoisotopic (exact) mass is 420 g/mol. The number of carbonyl (C=O) groups excluding carboxylic acids is 2. The lowest BCUT2D eigenvalue weighted by Gasteiger charge is -2.23. The number of anilines is 3. The van der Waals surface area contributed by atoms with Gasteiger partial charge in [-0.1, -0.05) is 36.4 Å². The second kappa shape index (κ2) is 10.8. The molecule has 0 saturated heterocycles. The third-order valence-corrected chi connectivity index (χ3v) is 4.42. The van der Waals surface area contributed by atoms with E-state index in [1.54, 1.807) is 30.2 Å². The first-order valence-corrected chi connectivity index (χ1v) is 9.65. The van der Waals surface area contributed by atoms with Gasteiger partial charge in [0.2, 0.25) is 5.91 Å². The van der Waals surface area contributed by atoms with Crippen molar-refractivity contribution >= 4 is 28.9 Å². The maximum atomic E-state index is 12.9. The fraction of sp³-hybridized carbons (Fsp3) is 0.167. The molecular weight excluding hydrogens is 396 g/mol. The van der Waals surface area contributed by atoms with E-state index in [1.165, 1.54) is 7.11 Å². The molecule has 2 amide bonds. The third kappa shape index (κ3) is 5.83. The van der Waals surface area contributed by atoms with Crippen molar-refractivity contribution in [1.29, 1.82) is 0 Å². The molecule has 0 saturated carbocycles. The first-order valence-electron chi connectivity index (χ1n) is 9.65. The number of benzene rings is 3. The Morgan fingerprint density at radius 3 is 1.97 bits per heavy atom. The molecule has 0 aliphatic rings. The van der Waals surface area contributed by atoms with E-state index in [-0.39, 0.29) is 19.1 Å². The van der Waals surface area contributed by atoms with Gasteiger partial charge in [-0.25, -0.2) is 0 Å². The minimum atomic E-state index is -0.401. The third-order valence-electron chi connectivity index (χ3n) is 4.42. The van der Waals surface area contributed by atoms with Crippen molar-refractivity contribution in [2.45, 2.75) is 0 Å². The first-order chi connectivity index (χ1) is 15.1. The van der Waals surface area contributed by atoms with E-state index in [0.717, 1.165) is 11.4 Å². The molecular formula is C24H24N2O5. The Morgan fingerprint density at radius 1 is 0.806 bits per heavy atom. The maximum Gasteiger partial charge on any atom is 0.257 e. The van der Waals surface area contributed by atoms with Crippen LogP contribution in [0.25, 0.3) is 0 Å². The molecule has 3 aromatic rings. The second-order valence-electron chi connectivity index (χ2n) is 6.51. The fourth-order valence-electron chi connectivity index (χ4n) is 2.97. The highest BCUT2D eigenvalue weighted by Crippen LogP contribution is 2.29. The fourth-order valence-corrected chi connectivity index (χ4v) is 2.97. The number of methoxy groups -OCH3 is 2. The summed E-state index contributed by atoms with van der Waals surface area (Å²) in [6.07, 6.45) is 0. The Kier molecular flexibility index (Phi) is 7.61. The molecule has 7 nitrogen and oxygen atoms in total. The smallest absolute Gasteiger partial charge is 0.257 e. The lowest BCUT2D eigenvalue weighted by Crippen LogP contribution is -2.31. The molecule has 3 rings (SSSR count). The zero-order valence-electron chi connectivity index (χ0n) is 17.4. The predicted octanol–water partition coefficient (Wildman–Crippen LogP) is 4.02. The number of para-hydroxylation sites is 2. The normalized spacial score (nSPS) is 10.3. The van der Waals surface area contributed by atoms with E-state index in [4.69, 9.17) is 14.2 Å². The van der Waals surface area contributed by atoms with Crippen molar-refractivity contribution in [2.75, 3.05) is 37.7 Å². The second-order valence-corrected chi connectivity index (χ2v) is 6.51. The quantitative estimate of drug-likeness (QED) is 0.566. The lowest BCUT2D eigenvalue weighted by molar-refractivity contribution is -0.126.